The van der Waals surface area contributed by atoms with Gasteiger partial charge in [-0.1, -0.05) is 19.3 Å². The van der Waals surface area contributed by atoms with Crippen LogP contribution in [0.4, 0.5) is 5.13 Å². The first-order chi connectivity index (χ1) is 7.24. The van der Waals surface area contributed by atoms with Gasteiger partial charge in [-0.2, -0.15) is 4.37 Å². The summed E-state index contributed by atoms with van der Waals surface area (Å²) in [4.78, 5) is 15.0. The van der Waals surface area contributed by atoms with Crippen molar-refractivity contribution in [2.45, 2.75) is 39.0 Å². The van der Waals surface area contributed by atoms with Crippen LogP contribution in [0.5, 0.6) is 0 Å². The third-order valence-electron chi connectivity index (χ3n) is 2.75. The minimum absolute atomic E-state index is 0.0864. The molecule has 1 N–H and O–H groups in total. The van der Waals surface area contributed by atoms with Crippen LogP contribution in [0.2, 0.25) is 0 Å². The summed E-state index contributed by atoms with van der Waals surface area (Å²) in [5, 5.41) is 3.26. The van der Waals surface area contributed by atoms with Crippen molar-refractivity contribution in [3.63, 3.8) is 0 Å². The summed E-state index contributed by atoms with van der Waals surface area (Å²) in [5.41, 5.74) is 0. The van der Waals surface area contributed by atoms with Crippen molar-refractivity contribution in [2.75, 3.05) is 5.32 Å². The predicted molar refractivity (Wildman–Crippen MR) is 59.9 cm³/mol. The minimum Gasteiger partial charge on any atom is -0.301 e. The highest BCUT2D eigenvalue weighted by Gasteiger charge is 2.17. The molecule has 0 aromatic carbocycles. The Hall–Kier alpha value is -0.970. The van der Waals surface area contributed by atoms with Crippen molar-refractivity contribution in [1.29, 1.82) is 0 Å². The Labute approximate surface area is 93.3 Å². The molecule has 4 nitrogen and oxygen atoms in total. The first-order valence-electron chi connectivity index (χ1n) is 5.34. The average Bonchev–Trinajstić information content (AvgIpc) is 2.48. The van der Waals surface area contributed by atoms with Gasteiger partial charge in [0.2, 0.25) is 11.0 Å². The van der Waals surface area contributed by atoms with E-state index in [9.17, 15) is 4.79 Å². The topological polar surface area (TPSA) is 54.9 Å². The molecule has 1 saturated carbocycles. The number of nitrogens with zero attached hydrogens (tertiary/aromatic N) is 2. The van der Waals surface area contributed by atoms with Crippen LogP contribution in [0.1, 0.15) is 38.4 Å². The molecule has 1 amide bonds. The Kier molecular flexibility index (Phi) is 3.30. The van der Waals surface area contributed by atoms with E-state index in [4.69, 9.17) is 0 Å². The smallest absolute Gasteiger partial charge is 0.223 e. The van der Waals surface area contributed by atoms with Crippen molar-refractivity contribution in [3.05, 3.63) is 5.82 Å². The van der Waals surface area contributed by atoms with Crippen LogP contribution in [0, 0.1) is 5.92 Å². The molecule has 5 heteroatoms. The van der Waals surface area contributed by atoms with Gasteiger partial charge in [-0.15, -0.1) is 0 Å². The molecule has 0 unspecified atom stereocenters. The largest absolute Gasteiger partial charge is 0.301 e. The number of rotatable bonds is 4. The van der Waals surface area contributed by atoms with Gasteiger partial charge in [0.05, 0.1) is 0 Å². The maximum absolute atomic E-state index is 10.8. The molecule has 1 fully saturated rings. The van der Waals surface area contributed by atoms with E-state index in [-0.39, 0.29) is 5.91 Å². The zero-order valence-electron chi connectivity index (χ0n) is 8.82. The average molecular weight is 225 g/mol. The predicted octanol–water partition coefficient (Wildman–Crippen LogP) is 2.23. The fourth-order valence-corrected chi connectivity index (χ4v) is 2.33. The van der Waals surface area contributed by atoms with Gasteiger partial charge in [-0.25, -0.2) is 4.98 Å². The highest BCUT2D eigenvalue weighted by atomic mass is 32.1. The van der Waals surface area contributed by atoms with Gasteiger partial charge < -0.3 is 5.32 Å². The molecule has 2 rings (SSSR count). The summed E-state index contributed by atoms with van der Waals surface area (Å²) in [5.74, 6) is 1.67. The number of aryl methyl sites for hydroxylation is 1. The third-order valence-corrected chi connectivity index (χ3v) is 3.42. The monoisotopic (exact) mass is 225 g/mol. The molecule has 1 aliphatic rings. The molecule has 0 radical (unpaired) electrons. The van der Waals surface area contributed by atoms with Crippen LogP contribution in [0.3, 0.4) is 0 Å². The fraction of sp³-hybridized carbons (Fsp3) is 0.700. The van der Waals surface area contributed by atoms with E-state index in [1.165, 1.54) is 44.1 Å². The van der Waals surface area contributed by atoms with Crippen molar-refractivity contribution >= 4 is 22.6 Å². The molecular formula is C10H15N3OS. The van der Waals surface area contributed by atoms with Gasteiger partial charge in [0.25, 0.3) is 0 Å². The summed E-state index contributed by atoms with van der Waals surface area (Å²) in [6.45, 7) is 1.48. The zero-order valence-corrected chi connectivity index (χ0v) is 9.64. The molecule has 0 atom stereocenters. The number of anilines is 1. The molecule has 15 heavy (non-hydrogen) atoms. The number of hydrogen-bond donors (Lipinski definition) is 1. The zero-order chi connectivity index (χ0) is 10.7. The van der Waals surface area contributed by atoms with Crippen LogP contribution in [-0.2, 0) is 11.2 Å². The van der Waals surface area contributed by atoms with Gasteiger partial charge in [0.15, 0.2) is 0 Å². The summed E-state index contributed by atoms with van der Waals surface area (Å²) < 4.78 is 4.22. The van der Waals surface area contributed by atoms with E-state index < -0.39 is 0 Å². The van der Waals surface area contributed by atoms with Crippen LogP contribution in [0.15, 0.2) is 0 Å². The van der Waals surface area contributed by atoms with Gasteiger partial charge >= 0.3 is 0 Å². The number of nitrogens with one attached hydrogen (secondary N) is 1. The Morgan fingerprint density at radius 2 is 2.40 bits per heavy atom. The molecular weight excluding hydrogens is 210 g/mol. The third kappa shape index (κ3) is 2.99. The van der Waals surface area contributed by atoms with E-state index in [0.717, 1.165) is 18.2 Å². The maximum atomic E-state index is 10.8. The lowest BCUT2D eigenvalue weighted by atomic mass is 9.82. The van der Waals surface area contributed by atoms with Crippen LogP contribution in [0.25, 0.3) is 0 Å². The summed E-state index contributed by atoms with van der Waals surface area (Å²) >= 11 is 1.26. The van der Waals surface area contributed by atoms with Crippen LogP contribution in [-0.4, -0.2) is 15.3 Å². The quantitative estimate of drug-likeness (QED) is 0.855. The van der Waals surface area contributed by atoms with E-state index in [2.05, 4.69) is 14.7 Å². The molecule has 82 valence electrons. The van der Waals surface area contributed by atoms with Crippen molar-refractivity contribution in [2.24, 2.45) is 5.92 Å². The Morgan fingerprint density at radius 3 is 3.00 bits per heavy atom. The lowest BCUT2D eigenvalue weighted by Gasteiger charge is -2.24. The van der Waals surface area contributed by atoms with Crippen LogP contribution < -0.4 is 5.32 Å². The molecule has 0 aliphatic heterocycles. The number of hydrogen-bond acceptors (Lipinski definition) is 4. The Bertz CT molecular complexity index is 346. The minimum atomic E-state index is -0.0864. The first-order valence-corrected chi connectivity index (χ1v) is 6.11. The first kappa shape index (κ1) is 10.5. The van der Waals surface area contributed by atoms with Crippen molar-refractivity contribution in [1.82, 2.24) is 9.36 Å². The Balaban J connectivity index is 1.80. The van der Waals surface area contributed by atoms with Gasteiger partial charge in [-0.3, -0.25) is 4.79 Å². The standard InChI is InChI=1S/C10H15N3OS/c1-7(14)11-10-12-9(13-15-10)6-5-8-3-2-4-8/h8H,2-6H2,1H3,(H,11,12,13,14). The maximum Gasteiger partial charge on any atom is 0.223 e. The van der Waals surface area contributed by atoms with E-state index >= 15 is 0 Å². The lowest BCUT2D eigenvalue weighted by Crippen LogP contribution is -2.12. The summed E-state index contributed by atoms with van der Waals surface area (Å²) in [6.07, 6.45) is 6.24. The fourth-order valence-electron chi connectivity index (χ4n) is 1.67. The molecule has 1 aromatic heterocycles. The second-order valence-corrected chi connectivity index (χ2v) is 4.78. The number of carbonyl (C=O) groups excluding carboxylic acids is 1. The molecule has 1 aromatic rings. The van der Waals surface area contributed by atoms with Gasteiger partial charge in [-0.05, 0) is 12.3 Å². The second-order valence-electron chi connectivity index (χ2n) is 4.03. The number of carbonyl (C=O) groups is 1. The number of amides is 1. The highest BCUT2D eigenvalue weighted by molar-refractivity contribution is 7.09. The SMILES string of the molecule is CC(=O)Nc1nc(CCC2CCC2)ns1. The van der Waals surface area contributed by atoms with E-state index in [0.29, 0.717) is 5.13 Å². The molecule has 1 aliphatic carbocycles. The normalized spacial score (nSPS) is 16.1. The Morgan fingerprint density at radius 1 is 1.60 bits per heavy atom. The molecule has 0 saturated heterocycles. The lowest BCUT2D eigenvalue weighted by molar-refractivity contribution is -0.114. The van der Waals surface area contributed by atoms with Gasteiger partial charge in [0, 0.05) is 24.9 Å². The van der Waals surface area contributed by atoms with Crippen LogP contribution >= 0.6 is 11.5 Å². The highest BCUT2D eigenvalue weighted by Crippen LogP contribution is 2.30. The second kappa shape index (κ2) is 4.70. The molecule has 1 heterocycles. The van der Waals surface area contributed by atoms with Gasteiger partial charge in [0.1, 0.15) is 5.82 Å². The molecule has 0 bridgehead atoms. The number of aromatic nitrogens is 2. The summed E-state index contributed by atoms with van der Waals surface area (Å²) in [7, 11) is 0. The molecule has 0 spiro atoms. The van der Waals surface area contributed by atoms with Crippen molar-refractivity contribution < 1.29 is 4.79 Å². The van der Waals surface area contributed by atoms with Crippen molar-refractivity contribution in [3.8, 4) is 0 Å². The van der Waals surface area contributed by atoms with E-state index in [1.54, 1.807) is 0 Å². The summed E-state index contributed by atoms with van der Waals surface area (Å²) in [6, 6.07) is 0. The van der Waals surface area contributed by atoms with E-state index in [1.807, 2.05) is 0 Å².